The average Bonchev–Trinajstić information content (AvgIpc) is 2.74. The second-order valence-electron chi connectivity index (χ2n) is 7.84. The minimum atomic E-state index is -0.366. The molecule has 2 aromatic rings. The standard InChI is InChI=1S/C23H29N3O2.ClH/c1-23(12-14-24-15-13-23)17-25-21(27)16-20(18-8-4-2-5-9-18)26-22(28)19-10-6-3-7-11-19;/h2-11,20,24H,12-17H2,1H3,(H,25,27)(H,26,28);1H. The molecule has 0 radical (unpaired) electrons. The van der Waals surface area contributed by atoms with Crippen LogP contribution in [0.15, 0.2) is 60.7 Å². The Morgan fingerprint density at radius 1 is 1.00 bits per heavy atom. The summed E-state index contributed by atoms with van der Waals surface area (Å²) in [7, 11) is 0. The van der Waals surface area contributed by atoms with Gasteiger partial charge in [-0.1, -0.05) is 55.5 Å². The topological polar surface area (TPSA) is 70.2 Å². The summed E-state index contributed by atoms with van der Waals surface area (Å²) in [5, 5.41) is 9.46. The first kappa shape index (κ1) is 22.9. The lowest BCUT2D eigenvalue weighted by molar-refractivity contribution is -0.122. The molecule has 3 rings (SSSR count). The number of piperidine rings is 1. The van der Waals surface area contributed by atoms with E-state index in [-0.39, 0.29) is 42.1 Å². The molecule has 1 saturated heterocycles. The second kappa shape index (κ2) is 11.0. The molecule has 1 aliphatic rings. The lowest BCUT2D eigenvalue weighted by Crippen LogP contribution is -2.43. The maximum atomic E-state index is 12.7. The predicted octanol–water partition coefficient (Wildman–Crippen LogP) is 3.48. The van der Waals surface area contributed by atoms with Gasteiger partial charge in [-0.15, -0.1) is 12.4 Å². The fourth-order valence-electron chi connectivity index (χ4n) is 3.55. The minimum absolute atomic E-state index is 0. The van der Waals surface area contributed by atoms with Gasteiger partial charge in [-0.3, -0.25) is 9.59 Å². The van der Waals surface area contributed by atoms with E-state index in [2.05, 4.69) is 22.9 Å². The fraction of sp³-hybridized carbons (Fsp3) is 0.391. The number of halogens is 1. The van der Waals surface area contributed by atoms with E-state index < -0.39 is 0 Å². The molecule has 3 N–H and O–H groups in total. The molecule has 0 bridgehead atoms. The quantitative estimate of drug-likeness (QED) is 0.648. The van der Waals surface area contributed by atoms with Gasteiger partial charge >= 0.3 is 0 Å². The minimum Gasteiger partial charge on any atom is -0.355 e. The normalized spacial score (nSPS) is 16.2. The highest BCUT2D eigenvalue weighted by Crippen LogP contribution is 2.27. The van der Waals surface area contributed by atoms with E-state index >= 15 is 0 Å². The van der Waals surface area contributed by atoms with Crippen molar-refractivity contribution in [3.63, 3.8) is 0 Å². The Bertz CT molecular complexity index is 777. The van der Waals surface area contributed by atoms with E-state index in [0.717, 1.165) is 31.5 Å². The smallest absolute Gasteiger partial charge is 0.251 e. The summed E-state index contributed by atoms with van der Waals surface area (Å²) in [6, 6.07) is 18.4. The van der Waals surface area contributed by atoms with Gasteiger partial charge in [0.05, 0.1) is 12.5 Å². The van der Waals surface area contributed by atoms with E-state index in [1.54, 1.807) is 12.1 Å². The third-order valence-corrected chi connectivity index (χ3v) is 5.46. The maximum Gasteiger partial charge on any atom is 0.251 e. The van der Waals surface area contributed by atoms with Crippen molar-refractivity contribution in [2.75, 3.05) is 19.6 Å². The van der Waals surface area contributed by atoms with Crippen LogP contribution >= 0.6 is 12.4 Å². The third-order valence-electron chi connectivity index (χ3n) is 5.46. The van der Waals surface area contributed by atoms with Gasteiger partial charge in [-0.2, -0.15) is 0 Å². The number of nitrogens with one attached hydrogen (secondary N) is 3. The Kier molecular flexibility index (Phi) is 8.68. The number of hydrogen-bond donors (Lipinski definition) is 3. The van der Waals surface area contributed by atoms with Crippen molar-refractivity contribution < 1.29 is 9.59 Å². The van der Waals surface area contributed by atoms with Crippen molar-refractivity contribution in [2.45, 2.75) is 32.2 Å². The Morgan fingerprint density at radius 3 is 2.21 bits per heavy atom. The largest absolute Gasteiger partial charge is 0.355 e. The number of carbonyl (C=O) groups is 2. The molecule has 156 valence electrons. The Labute approximate surface area is 179 Å². The highest BCUT2D eigenvalue weighted by atomic mass is 35.5. The van der Waals surface area contributed by atoms with Crippen molar-refractivity contribution in [1.29, 1.82) is 0 Å². The van der Waals surface area contributed by atoms with Crippen LogP contribution in [-0.4, -0.2) is 31.4 Å². The van der Waals surface area contributed by atoms with Crippen molar-refractivity contribution in [3.05, 3.63) is 71.8 Å². The van der Waals surface area contributed by atoms with Crippen molar-refractivity contribution in [2.24, 2.45) is 5.41 Å². The number of benzene rings is 2. The molecule has 0 spiro atoms. The molecule has 1 atom stereocenters. The Morgan fingerprint density at radius 2 is 1.59 bits per heavy atom. The first-order chi connectivity index (χ1) is 13.6. The van der Waals surface area contributed by atoms with Crippen LogP contribution in [-0.2, 0) is 4.79 Å². The van der Waals surface area contributed by atoms with Crippen molar-refractivity contribution >= 4 is 24.2 Å². The molecule has 2 aromatic carbocycles. The first-order valence-corrected chi connectivity index (χ1v) is 9.94. The summed E-state index contributed by atoms with van der Waals surface area (Å²) in [5.41, 5.74) is 1.65. The Hall–Kier alpha value is -2.37. The summed E-state index contributed by atoms with van der Waals surface area (Å²) in [6.07, 6.45) is 2.33. The van der Waals surface area contributed by atoms with Gasteiger partial charge in [-0.05, 0) is 49.0 Å². The molecular weight excluding hydrogens is 386 g/mol. The van der Waals surface area contributed by atoms with E-state index in [9.17, 15) is 9.59 Å². The lowest BCUT2D eigenvalue weighted by atomic mass is 9.81. The van der Waals surface area contributed by atoms with E-state index in [1.807, 2.05) is 48.5 Å². The predicted molar refractivity (Wildman–Crippen MR) is 118 cm³/mol. The number of hydrogen-bond acceptors (Lipinski definition) is 3. The fourth-order valence-corrected chi connectivity index (χ4v) is 3.55. The molecule has 1 aliphatic heterocycles. The summed E-state index contributed by atoms with van der Waals surface area (Å²) >= 11 is 0. The molecule has 29 heavy (non-hydrogen) atoms. The monoisotopic (exact) mass is 415 g/mol. The number of amides is 2. The van der Waals surface area contributed by atoms with Gasteiger partial charge in [0.25, 0.3) is 5.91 Å². The van der Waals surface area contributed by atoms with Crippen molar-refractivity contribution in [1.82, 2.24) is 16.0 Å². The van der Waals surface area contributed by atoms with Crippen LogP contribution in [0.25, 0.3) is 0 Å². The highest BCUT2D eigenvalue weighted by molar-refractivity contribution is 5.94. The van der Waals surface area contributed by atoms with Gasteiger partial charge in [0.2, 0.25) is 5.91 Å². The van der Waals surface area contributed by atoms with Gasteiger partial charge in [0, 0.05) is 12.1 Å². The zero-order valence-corrected chi connectivity index (χ0v) is 17.6. The lowest BCUT2D eigenvalue weighted by Gasteiger charge is -2.34. The van der Waals surface area contributed by atoms with Crippen LogP contribution in [0.2, 0.25) is 0 Å². The molecule has 0 saturated carbocycles. The summed E-state index contributed by atoms with van der Waals surface area (Å²) in [5.74, 6) is -0.213. The van der Waals surface area contributed by atoms with Crippen LogP contribution in [0.5, 0.6) is 0 Å². The number of carbonyl (C=O) groups excluding carboxylic acids is 2. The summed E-state index contributed by atoms with van der Waals surface area (Å²) < 4.78 is 0. The molecular formula is C23H30ClN3O2. The van der Waals surface area contributed by atoms with Crippen LogP contribution < -0.4 is 16.0 Å². The molecule has 0 aliphatic carbocycles. The zero-order chi connectivity index (χ0) is 19.8. The van der Waals surface area contributed by atoms with E-state index in [0.29, 0.717) is 12.1 Å². The van der Waals surface area contributed by atoms with Crippen LogP contribution in [0.3, 0.4) is 0 Å². The SMILES string of the molecule is CC1(CNC(=O)CC(NC(=O)c2ccccc2)c2ccccc2)CCNCC1.Cl. The van der Waals surface area contributed by atoms with E-state index in [1.165, 1.54) is 0 Å². The van der Waals surface area contributed by atoms with Crippen LogP contribution in [0, 0.1) is 5.41 Å². The third kappa shape index (κ3) is 6.87. The first-order valence-electron chi connectivity index (χ1n) is 9.94. The molecule has 5 nitrogen and oxygen atoms in total. The highest BCUT2D eigenvalue weighted by Gasteiger charge is 2.27. The van der Waals surface area contributed by atoms with Crippen molar-refractivity contribution in [3.8, 4) is 0 Å². The van der Waals surface area contributed by atoms with E-state index in [4.69, 9.17) is 0 Å². The van der Waals surface area contributed by atoms with Gasteiger partial charge in [0.1, 0.15) is 0 Å². The summed E-state index contributed by atoms with van der Waals surface area (Å²) in [4.78, 5) is 25.3. The van der Waals surface area contributed by atoms with Gasteiger partial charge in [0.15, 0.2) is 0 Å². The summed E-state index contributed by atoms with van der Waals surface area (Å²) in [6.45, 7) is 4.87. The second-order valence-corrected chi connectivity index (χ2v) is 7.84. The molecule has 1 heterocycles. The molecule has 1 unspecified atom stereocenters. The number of rotatable bonds is 7. The Balaban J connectivity index is 0.00000300. The van der Waals surface area contributed by atoms with Crippen LogP contribution in [0.4, 0.5) is 0 Å². The molecule has 0 aromatic heterocycles. The van der Waals surface area contributed by atoms with Gasteiger partial charge in [-0.25, -0.2) is 0 Å². The van der Waals surface area contributed by atoms with Gasteiger partial charge < -0.3 is 16.0 Å². The molecule has 6 heteroatoms. The average molecular weight is 416 g/mol. The molecule has 1 fully saturated rings. The van der Waals surface area contributed by atoms with Crippen LogP contribution in [0.1, 0.15) is 48.1 Å². The maximum absolute atomic E-state index is 12.7. The molecule has 2 amide bonds. The zero-order valence-electron chi connectivity index (χ0n) is 16.8.